The minimum atomic E-state index is 0.689. The Balaban J connectivity index is 1.84. The molecule has 1 aliphatic rings. The van der Waals surface area contributed by atoms with Crippen LogP contribution in [0.1, 0.15) is 31.2 Å². The van der Waals surface area contributed by atoms with Crippen molar-refractivity contribution in [3.05, 3.63) is 34.4 Å². The van der Waals surface area contributed by atoms with E-state index in [1.54, 1.807) is 0 Å². The molecule has 2 aromatic rings. The molecule has 1 aromatic heterocycles. The van der Waals surface area contributed by atoms with Crippen molar-refractivity contribution in [3.8, 4) is 0 Å². The molecule has 0 aliphatic heterocycles. The number of aromatic amines is 1. The maximum atomic E-state index is 3.53. The van der Waals surface area contributed by atoms with Crippen molar-refractivity contribution in [1.82, 2.24) is 10.3 Å². The SMILES string of the molecule is CNC1CCCCC1Cc1c[nH]c2cc(Br)ccc12. The Morgan fingerprint density at radius 2 is 2.16 bits per heavy atom. The molecule has 2 unspecified atom stereocenters. The Hall–Kier alpha value is -0.800. The van der Waals surface area contributed by atoms with Crippen LogP contribution in [0.4, 0.5) is 0 Å². The van der Waals surface area contributed by atoms with E-state index in [0.717, 1.165) is 10.4 Å². The second-order valence-corrected chi connectivity index (χ2v) is 6.56. The van der Waals surface area contributed by atoms with Crippen LogP contribution in [-0.4, -0.2) is 18.1 Å². The molecule has 0 saturated heterocycles. The lowest BCUT2D eigenvalue weighted by molar-refractivity contribution is 0.273. The second kappa shape index (κ2) is 5.68. The molecule has 0 spiro atoms. The van der Waals surface area contributed by atoms with Gasteiger partial charge in [0.05, 0.1) is 0 Å². The van der Waals surface area contributed by atoms with Crippen molar-refractivity contribution in [2.45, 2.75) is 38.1 Å². The highest BCUT2D eigenvalue weighted by atomic mass is 79.9. The summed E-state index contributed by atoms with van der Waals surface area (Å²) < 4.78 is 1.14. The molecule has 2 N–H and O–H groups in total. The molecule has 1 aliphatic carbocycles. The van der Waals surface area contributed by atoms with Crippen molar-refractivity contribution >= 4 is 26.8 Å². The highest BCUT2D eigenvalue weighted by molar-refractivity contribution is 9.10. The molecule has 102 valence electrons. The van der Waals surface area contributed by atoms with E-state index in [2.05, 4.69) is 57.7 Å². The van der Waals surface area contributed by atoms with Crippen LogP contribution < -0.4 is 5.32 Å². The molecule has 0 amide bonds. The van der Waals surface area contributed by atoms with E-state index in [9.17, 15) is 0 Å². The van der Waals surface area contributed by atoms with E-state index in [4.69, 9.17) is 0 Å². The van der Waals surface area contributed by atoms with E-state index in [1.807, 2.05) is 0 Å². The third kappa shape index (κ3) is 2.72. The van der Waals surface area contributed by atoms with Crippen LogP contribution in [0, 0.1) is 5.92 Å². The standard InChI is InChI=1S/C16H21BrN2/c1-18-15-5-3-2-4-11(15)8-12-10-19-16-9-13(17)6-7-14(12)16/h6-7,9-11,15,18-19H,2-5,8H2,1H3. The van der Waals surface area contributed by atoms with Crippen molar-refractivity contribution in [2.75, 3.05) is 7.05 Å². The Bertz CT molecular complexity index is 561. The van der Waals surface area contributed by atoms with Gasteiger partial charge in [0.1, 0.15) is 0 Å². The topological polar surface area (TPSA) is 27.8 Å². The number of fused-ring (bicyclic) bond motifs is 1. The summed E-state index contributed by atoms with van der Waals surface area (Å²) in [7, 11) is 2.11. The van der Waals surface area contributed by atoms with Gasteiger partial charge in [-0.1, -0.05) is 34.8 Å². The van der Waals surface area contributed by atoms with E-state index < -0.39 is 0 Å². The summed E-state index contributed by atoms with van der Waals surface area (Å²) in [6.07, 6.45) is 8.83. The van der Waals surface area contributed by atoms with Crippen molar-refractivity contribution in [3.63, 3.8) is 0 Å². The second-order valence-electron chi connectivity index (χ2n) is 5.65. The first kappa shape index (κ1) is 13.2. The molecule has 1 saturated carbocycles. The lowest BCUT2D eigenvalue weighted by Gasteiger charge is -2.31. The number of hydrogen-bond donors (Lipinski definition) is 2. The number of H-pyrrole nitrogens is 1. The molecule has 0 radical (unpaired) electrons. The number of halogens is 1. The van der Waals surface area contributed by atoms with Gasteiger partial charge in [0.25, 0.3) is 0 Å². The summed E-state index contributed by atoms with van der Waals surface area (Å²) in [6, 6.07) is 7.21. The van der Waals surface area contributed by atoms with Crippen molar-refractivity contribution < 1.29 is 0 Å². The number of hydrogen-bond acceptors (Lipinski definition) is 1. The van der Waals surface area contributed by atoms with Gasteiger partial charge in [0.2, 0.25) is 0 Å². The third-order valence-electron chi connectivity index (χ3n) is 4.49. The monoisotopic (exact) mass is 320 g/mol. The predicted molar refractivity (Wildman–Crippen MR) is 84.5 cm³/mol. The Morgan fingerprint density at radius 1 is 1.32 bits per heavy atom. The fraction of sp³-hybridized carbons (Fsp3) is 0.500. The van der Waals surface area contributed by atoms with Crippen LogP contribution in [0.3, 0.4) is 0 Å². The van der Waals surface area contributed by atoms with Gasteiger partial charge in [-0.2, -0.15) is 0 Å². The van der Waals surface area contributed by atoms with Gasteiger partial charge in [0, 0.05) is 27.6 Å². The van der Waals surface area contributed by atoms with Gasteiger partial charge in [-0.25, -0.2) is 0 Å². The normalized spacial score (nSPS) is 23.9. The van der Waals surface area contributed by atoms with E-state index in [1.165, 1.54) is 48.6 Å². The van der Waals surface area contributed by atoms with E-state index in [-0.39, 0.29) is 0 Å². The van der Waals surface area contributed by atoms with Crippen LogP contribution in [0.5, 0.6) is 0 Å². The van der Waals surface area contributed by atoms with Gasteiger partial charge in [0.15, 0.2) is 0 Å². The predicted octanol–water partition coefficient (Wildman–Crippen LogP) is 4.25. The fourth-order valence-corrected chi connectivity index (χ4v) is 3.80. The molecule has 1 aromatic carbocycles. The number of benzene rings is 1. The number of rotatable bonds is 3. The molecule has 3 rings (SSSR count). The summed E-state index contributed by atoms with van der Waals surface area (Å²) in [5, 5.41) is 4.88. The molecule has 19 heavy (non-hydrogen) atoms. The first-order chi connectivity index (χ1) is 9.28. The van der Waals surface area contributed by atoms with E-state index in [0.29, 0.717) is 6.04 Å². The smallest absolute Gasteiger partial charge is 0.0468 e. The maximum Gasteiger partial charge on any atom is 0.0468 e. The van der Waals surface area contributed by atoms with Gasteiger partial charge < -0.3 is 10.3 Å². The minimum absolute atomic E-state index is 0.689. The highest BCUT2D eigenvalue weighted by Crippen LogP contribution is 2.30. The first-order valence-electron chi connectivity index (χ1n) is 7.20. The highest BCUT2D eigenvalue weighted by Gasteiger charge is 2.24. The Morgan fingerprint density at radius 3 is 3.00 bits per heavy atom. The zero-order chi connectivity index (χ0) is 13.2. The average Bonchev–Trinajstić information content (AvgIpc) is 2.82. The summed E-state index contributed by atoms with van der Waals surface area (Å²) in [4.78, 5) is 3.40. The quantitative estimate of drug-likeness (QED) is 0.869. The van der Waals surface area contributed by atoms with Crippen LogP contribution in [-0.2, 0) is 6.42 Å². The maximum absolute atomic E-state index is 3.53. The van der Waals surface area contributed by atoms with Gasteiger partial charge in [-0.05, 0) is 49.9 Å². The summed E-state index contributed by atoms with van der Waals surface area (Å²) >= 11 is 3.53. The Kier molecular flexibility index (Phi) is 3.94. The van der Waals surface area contributed by atoms with Crippen molar-refractivity contribution in [1.29, 1.82) is 0 Å². The number of nitrogens with one attached hydrogen (secondary N) is 2. The summed E-state index contributed by atoms with van der Waals surface area (Å²) in [6.45, 7) is 0. The molecule has 1 heterocycles. The number of aromatic nitrogens is 1. The molecule has 3 heteroatoms. The first-order valence-corrected chi connectivity index (χ1v) is 8.00. The lowest BCUT2D eigenvalue weighted by Crippen LogP contribution is -2.37. The molecule has 2 nitrogen and oxygen atoms in total. The van der Waals surface area contributed by atoms with Crippen molar-refractivity contribution in [2.24, 2.45) is 5.92 Å². The zero-order valence-electron chi connectivity index (χ0n) is 11.4. The lowest BCUT2D eigenvalue weighted by atomic mass is 9.81. The summed E-state index contributed by atoms with van der Waals surface area (Å²) in [5.74, 6) is 0.779. The summed E-state index contributed by atoms with van der Waals surface area (Å²) in [5.41, 5.74) is 2.70. The van der Waals surface area contributed by atoms with Gasteiger partial charge in [-0.3, -0.25) is 0 Å². The van der Waals surface area contributed by atoms with Crippen LogP contribution >= 0.6 is 15.9 Å². The van der Waals surface area contributed by atoms with Gasteiger partial charge in [-0.15, -0.1) is 0 Å². The molecular weight excluding hydrogens is 300 g/mol. The van der Waals surface area contributed by atoms with Gasteiger partial charge >= 0.3 is 0 Å². The molecule has 1 fully saturated rings. The molecule has 0 bridgehead atoms. The minimum Gasteiger partial charge on any atom is -0.361 e. The van der Waals surface area contributed by atoms with Crippen LogP contribution in [0.25, 0.3) is 10.9 Å². The third-order valence-corrected chi connectivity index (χ3v) is 4.98. The fourth-order valence-electron chi connectivity index (χ4n) is 3.44. The zero-order valence-corrected chi connectivity index (χ0v) is 13.0. The molecular formula is C16H21BrN2. The van der Waals surface area contributed by atoms with Crippen LogP contribution in [0.15, 0.2) is 28.9 Å². The largest absolute Gasteiger partial charge is 0.361 e. The van der Waals surface area contributed by atoms with Crippen LogP contribution in [0.2, 0.25) is 0 Å². The van der Waals surface area contributed by atoms with E-state index >= 15 is 0 Å². The average molecular weight is 321 g/mol. The molecule has 2 atom stereocenters. The Labute approximate surface area is 123 Å².